The van der Waals surface area contributed by atoms with Gasteiger partial charge in [0, 0.05) is 11.3 Å². The van der Waals surface area contributed by atoms with E-state index in [1.165, 1.54) is 24.1 Å². The van der Waals surface area contributed by atoms with Gasteiger partial charge in [-0.05, 0) is 54.1 Å². The minimum atomic E-state index is -3.48. The Morgan fingerprint density at radius 3 is 2.47 bits per heavy atom. The summed E-state index contributed by atoms with van der Waals surface area (Å²) >= 11 is 1.77. The second kappa shape index (κ2) is 11.1. The van der Waals surface area contributed by atoms with Gasteiger partial charge in [0.15, 0.2) is 9.84 Å². The molecule has 10 heteroatoms. The molecule has 170 valence electrons. The summed E-state index contributed by atoms with van der Waals surface area (Å²) in [4.78, 5) is 13.5. The highest BCUT2D eigenvalue weighted by molar-refractivity contribution is 7.99. The molecule has 0 aliphatic rings. The standard InChI is InChI=1S/C22H25N3O5S2/c1-3-31-18-10-6-16(7-11-18)15-21-24-25-22(30-21)23-20(26)5-4-14-32(27,28)19-12-8-17(29-2)9-13-19/h6-13H,3-5,14-15H2,1-2H3,(H,23,25,26). The number of sulfone groups is 1. The van der Waals surface area contributed by atoms with Crippen LogP contribution in [0.2, 0.25) is 0 Å². The van der Waals surface area contributed by atoms with Crippen LogP contribution in [0.1, 0.15) is 31.2 Å². The Kier molecular flexibility index (Phi) is 8.29. The topological polar surface area (TPSA) is 111 Å². The summed E-state index contributed by atoms with van der Waals surface area (Å²) in [6.45, 7) is 2.10. The Morgan fingerprint density at radius 2 is 1.81 bits per heavy atom. The average molecular weight is 476 g/mol. The van der Waals surface area contributed by atoms with Crippen LogP contribution >= 0.6 is 11.8 Å². The Hall–Kier alpha value is -2.85. The highest BCUT2D eigenvalue weighted by Crippen LogP contribution is 2.20. The summed E-state index contributed by atoms with van der Waals surface area (Å²) in [7, 11) is -1.97. The van der Waals surface area contributed by atoms with E-state index in [4.69, 9.17) is 9.15 Å². The summed E-state index contributed by atoms with van der Waals surface area (Å²) in [5, 5.41) is 10.3. The van der Waals surface area contributed by atoms with Crippen LogP contribution in [-0.4, -0.2) is 43.1 Å². The molecule has 0 radical (unpaired) electrons. The summed E-state index contributed by atoms with van der Waals surface area (Å²) in [5.74, 6) is 1.45. The van der Waals surface area contributed by atoms with Gasteiger partial charge in [-0.25, -0.2) is 8.42 Å². The molecule has 8 nitrogen and oxygen atoms in total. The molecule has 0 aliphatic carbocycles. The van der Waals surface area contributed by atoms with Crippen LogP contribution < -0.4 is 10.1 Å². The quantitative estimate of drug-likeness (QED) is 0.415. The average Bonchev–Trinajstić information content (AvgIpc) is 3.21. The Labute approximate surface area is 191 Å². The Bertz CT molecular complexity index is 1130. The lowest BCUT2D eigenvalue weighted by atomic mass is 10.1. The first kappa shape index (κ1) is 23.8. The first-order valence-corrected chi connectivity index (χ1v) is 12.7. The van der Waals surface area contributed by atoms with Gasteiger partial charge in [-0.15, -0.1) is 16.9 Å². The third-order valence-corrected chi connectivity index (χ3v) is 7.25. The molecule has 1 amide bonds. The summed E-state index contributed by atoms with van der Waals surface area (Å²) in [6.07, 6.45) is 0.646. The number of nitrogens with zero attached hydrogens (tertiary/aromatic N) is 2. The number of hydrogen-bond acceptors (Lipinski definition) is 8. The van der Waals surface area contributed by atoms with E-state index in [0.29, 0.717) is 18.1 Å². The molecule has 3 rings (SSSR count). The lowest BCUT2D eigenvalue weighted by molar-refractivity contribution is -0.116. The van der Waals surface area contributed by atoms with Gasteiger partial charge in [0.05, 0.1) is 24.2 Å². The van der Waals surface area contributed by atoms with Crippen LogP contribution in [0.15, 0.2) is 62.7 Å². The van der Waals surface area contributed by atoms with Crippen molar-refractivity contribution in [3.05, 3.63) is 60.0 Å². The Morgan fingerprint density at radius 1 is 1.09 bits per heavy atom. The van der Waals surface area contributed by atoms with E-state index >= 15 is 0 Å². The van der Waals surface area contributed by atoms with E-state index in [-0.39, 0.29) is 35.4 Å². The number of carbonyl (C=O) groups excluding carboxylic acids is 1. The van der Waals surface area contributed by atoms with Gasteiger partial charge in [0.1, 0.15) is 5.75 Å². The fraction of sp³-hybridized carbons (Fsp3) is 0.318. The molecule has 2 aromatic carbocycles. The van der Waals surface area contributed by atoms with Crippen molar-refractivity contribution >= 4 is 33.5 Å². The van der Waals surface area contributed by atoms with Gasteiger partial charge in [0.25, 0.3) is 0 Å². The van der Waals surface area contributed by atoms with Crippen molar-refractivity contribution in [2.75, 3.05) is 23.9 Å². The number of carbonyl (C=O) groups is 1. The molecule has 0 saturated carbocycles. The van der Waals surface area contributed by atoms with Crippen molar-refractivity contribution in [3.63, 3.8) is 0 Å². The van der Waals surface area contributed by atoms with Crippen molar-refractivity contribution in [2.45, 2.75) is 36.0 Å². The zero-order valence-electron chi connectivity index (χ0n) is 17.9. The molecule has 0 bridgehead atoms. The minimum absolute atomic E-state index is 0.00108. The van der Waals surface area contributed by atoms with E-state index in [2.05, 4.69) is 22.4 Å². The number of methoxy groups -OCH3 is 1. The lowest BCUT2D eigenvalue weighted by Crippen LogP contribution is -2.14. The predicted octanol–water partition coefficient (Wildman–Crippen LogP) is 3.97. The van der Waals surface area contributed by atoms with Crippen molar-refractivity contribution in [1.82, 2.24) is 10.2 Å². The molecular weight excluding hydrogens is 450 g/mol. The van der Waals surface area contributed by atoms with E-state index < -0.39 is 9.84 Å². The molecule has 1 heterocycles. The van der Waals surface area contributed by atoms with Gasteiger partial charge >= 0.3 is 6.01 Å². The zero-order chi connectivity index (χ0) is 23.0. The van der Waals surface area contributed by atoms with Crippen molar-refractivity contribution in [1.29, 1.82) is 0 Å². The maximum atomic E-state index is 12.4. The van der Waals surface area contributed by atoms with Gasteiger partial charge < -0.3 is 9.15 Å². The van der Waals surface area contributed by atoms with Crippen molar-refractivity contribution < 1.29 is 22.4 Å². The zero-order valence-corrected chi connectivity index (χ0v) is 19.5. The second-order valence-corrected chi connectivity index (χ2v) is 10.3. The van der Waals surface area contributed by atoms with E-state index in [1.54, 1.807) is 23.9 Å². The number of thioether (sulfide) groups is 1. The van der Waals surface area contributed by atoms with Gasteiger partial charge in [-0.2, -0.15) is 0 Å². The number of benzene rings is 2. The van der Waals surface area contributed by atoms with Crippen LogP contribution in [0.25, 0.3) is 0 Å². The van der Waals surface area contributed by atoms with Gasteiger partial charge in [0.2, 0.25) is 11.8 Å². The number of nitrogens with one attached hydrogen (secondary N) is 1. The molecule has 0 unspecified atom stereocenters. The molecule has 1 N–H and O–H groups in total. The molecule has 3 aromatic rings. The molecule has 0 spiro atoms. The fourth-order valence-corrected chi connectivity index (χ4v) is 4.90. The highest BCUT2D eigenvalue weighted by Gasteiger charge is 2.16. The predicted molar refractivity (Wildman–Crippen MR) is 123 cm³/mol. The van der Waals surface area contributed by atoms with Crippen molar-refractivity contribution in [2.24, 2.45) is 0 Å². The lowest BCUT2D eigenvalue weighted by Gasteiger charge is -2.05. The highest BCUT2D eigenvalue weighted by atomic mass is 32.2. The number of hydrogen-bond donors (Lipinski definition) is 1. The van der Waals surface area contributed by atoms with Crippen LogP contribution in [0.4, 0.5) is 6.01 Å². The normalized spacial score (nSPS) is 11.3. The molecular formula is C22H25N3O5S2. The second-order valence-electron chi connectivity index (χ2n) is 6.90. The van der Waals surface area contributed by atoms with Gasteiger partial charge in [-0.1, -0.05) is 24.2 Å². The number of amides is 1. The number of anilines is 1. The van der Waals surface area contributed by atoms with Crippen LogP contribution in [0.5, 0.6) is 5.75 Å². The molecule has 0 atom stereocenters. The fourth-order valence-electron chi connectivity index (χ4n) is 2.93. The SMILES string of the molecule is CCSc1ccc(Cc2nnc(NC(=O)CCCS(=O)(=O)c3ccc(OC)cc3)o2)cc1. The first-order valence-electron chi connectivity index (χ1n) is 10.1. The third kappa shape index (κ3) is 6.83. The largest absolute Gasteiger partial charge is 0.497 e. The summed E-state index contributed by atoms with van der Waals surface area (Å²) in [6, 6.07) is 14.3. The summed E-state index contributed by atoms with van der Waals surface area (Å²) in [5.41, 5.74) is 1.02. The number of aromatic nitrogens is 2. The maximum Gasteiger partial charge on any atom is 0.322 e. The number of rotatable bonds is 11. The van der Waals surface area contributed by atoms with Crippen LogP contribution in [-0.2, 0) is 21.1 Å². The van der Waals surface area contributed by atoms with E-state index in [1.807, 2.05) is 24.3 Å². The monoisotopic (exact) mass is 475 g/mol. The number of ether oxygens (including phenoxy) is 1. The van der Waals surface area contributed by atoms with Gasteiger partial charge in [-0.3, -0.25) is 10.1 Å². The van der Waals surface area contributed by atoms with E-state index in [9.17, 15) is 13.2 Å². The molecule has 32 heavy (non-hydrogen) atoms. The van der Waals surface area contributed by atoms with Crippen molar-refractivity contribution in [3.8, 4) is 5.75 Å². The third-order valence-electron chi connectivity index (χ3n) is 4.54. The molecule has 0 saturated heterocycles. The summed E-state index contributed by atoms with van der Waals surface area (Å²) < 4.78 is 35.3. The maximum absolute atomic E-state index is 12.4. The smallest absolute Gasteiger partial charge is 0.322 e. The van der Waals surface area contributed by atoms with Crippen LogP contribution in [0.3, 0.4) is 0 Å². The molecule has 0 aliphatic heterocycles. The first-order chi connectivity index (χ1) is 15.4. The van der Waals surface area contributed by atoms with E-state index in [0.717, 1.165) is 11.3 Å². The van der Waals surface area contributed by atoms with Crippen LogP contribution in [0, 0.1) is 0 Å². The Balaban J connectivity index is 1.46. The molecule has 1 aromatic heterocycles. The molecule has 0 fully saturated rings. The minimum Gasteiger partial charge on any atom is -0.497 e.